The molecule has 0 aromatic heterocycles. The first-order chi connectivity index (χ1) is 19.5. The third-order valence-corrected chi connectivity index (χ3v) is 8.98. The molecule has 3 aromatic carbocycles. The molecule has 4 rings (SSSR count). The third-order valence-electron chi connectivity index (χ3n) is 7.10. The molecule has 1 fully saturated rings. The molecule has 0 unspecified atom stereocenters. The molecular weight excluding hydrogens is 588 g/mol. The van der Waals surface area contributed by atoms with Gasteiger partial charge in [-0.25, -0.2) is 12.8 Å². The summed E-state index contributed by atoms with van der Waals surface area (Å²) in [6.07, 6.45) is 4.93. The van der Waals surface area contributed by atoms with Crippen molar-refractivity contribution in [2.75, 3.05) is 17.1 Å². The monoisotopic (exact) mass is 619 g/mol. The molecule has 1 saturated carbocycles. The van der Waals surface area contributed by atoms with Crippen LogP contribution in [0, 0.1) is 5.82 Å². The summed E-state index contributed by atoms with van der Waals surface area (Å²) in [5, 5.41) is 3.74. The first-order valence-electron chi connectivity index (χ1n) is 13.3. The van der Waals surface area contributed by atoms with Crippen molar-refractivity contribution in [1.29, 1.82) is 0 Å². The molecule has 0 saturated heterocycles. The largest absolute Gasteiger partial charge is 0.352 e. The number of rotatable bonds is 11. The molecule has 0 spiro atoms. The quantitative estimate of drug-likeness (QED) is 0.303. The van der Waals surface area contributed by atoms with Gasteiger partial charge in [0.25, 0.3) is 0 Å². The van der Waals surface area contributed by atoms with Crippen molar-refractivity contribution in [3.8, 4) is 0 Å². The summed E-state index contributed by atoms with van der Waals surface area (Å²) in [6, 6.07) is 18.1. The standard InChI is InChI=1S/C30H32Cl2FN3O4S/c1-41(39,40)36(25-14-12-23(33)13-15-25)20-29(37)35(19-22-11-16-26(31)27(32)17-22)28(18-21-7-3-2-4-8-21)30(38)34-24-9-5-6-10-24/h2-4,7-8,11-17,24,28H,5-6,9-10,18-20H2,1H3,(H,34,38)/t28-/m0/s1. The Morgan fingerprint density at radius 2 is 1.61 bits per heavy atom. The summed E-state index contributed by atoms with van der Waals surface area (Å²) < 4.78 is 40.1. The highest BCUT2D eigenvalue weighted by atomic mass is 35.5. The van der Waals surface area contributed by atoms with E-state index in [1.165, 1.54) is 17.0 Å². The van der Waals surface area contributed by atoms with Crippen molar-refractivity contribution in [1.82, 2.24) is 10.2 Å². The van der Waals surface area contributed by atoms with Gasteiger partial charge in [0.1, 0.15) is 18.4 Å². The normalized spacial score (nSPS) is 14.4. The molecule has 1 aliphatic carbocycles. The molecule has 1 N–H and O–H groups in total. The van der Waals surface area contributed by atoms with E-state index in [4.69, 9.17) is 23.2 Å². The van der Waals surface area contributed by atoms with Crippen LogP contribution >= 0.6 is 23.2 Å². The molecule has 0 bridgehead atoms. The Morgan fingerprint density at radius 3 is 2.22 bits per heavy atom. The zero-order valence-electron chi connectivity index (χ0n) is 22.6. The van der Waals surface area contributed by atoms with Crippen molar-refractivity contribution >= 4 is 50.7 Å². The highest BCUT2D eigenvalue weighted by Gasteiger charge is 2.34. The Bertz CT molecular complexity index is 1470. The SMILES string of the molecule is CS(=O)(=O)N(CC(=O)N(Cc1ccc(Cl)c(Cl)c1)[C@@H](Cc1ccccc1)C(=O)NC1CCCC1)c1ccc(F)cc1. The molecule has 0 heterocycles. The lowest BCUT2D eigenvalue weighted by Crippen LogP contribution is -2.54. The van der Waals surface area contributed by atoms with Gasteiger partial charge in [-0.1, -0.05) is 72.4 Å². The second-order valence-corrected chi connectivity index (χ2v) is 12.9. The Morgan fingerprint density at radius 1 is 0.951 bits per heavy atom. The molecular formula is C30H32Cl2FN3O4S. The minimum Gasteiger partial charge on any atom is -0.352 e. The summed E-state index contributed by atoms with van der Waals surface area (Å²) in [5.74, 6) is -1.46. The first kappa shape index (κ1) is 30.8. The predicted molar refractivity (Wildman–Crippen MR) is 160 cm³/mol. The zero-order chi connectivity index (χ0) is 29.6. The van der Waals surface area contributed by atoms with E-state index in [1.807, 2.05) is 30.3 Å². The van der Waals surface area contributed by atoms with Crippen LogP contribution in [-0.4, -0.2) is 50.0 Å². The van der Waals surface area contributed by atoms with Gasteiger partial charge in [-0.05, 0) is 60.4 Å². The Balaban J connectivity index is 1.73. The number of sulfonamides is 1. The molecule has 7 nitrogen and oxygen atoms in total. The summed E-state index contributed by atoms with van der Waals surface area (Å²) in [5.41, 5.74) is 1.59. The van der Waals surface area contributed by atoms with E-state index >= 15 is 0 Å². The second-order valence-electron chi connectivity index (χ2n) is 10.2. The molecule has 0 radical (unpaired) electrons. The van der Waals surface area contributed by atoms with Gasteiger partial charge >= 0.3 is 0 Å². The van der Waals surface area contributed by atoms with E-state index in [0.717, 1.165) is 53.9 Å². The smallest absolute Gasteiger partial charge is 0.244 e. The number of halogens is 3. The highest BCUT2D eigenvalue weighted by molar-refractivity contribution is 7.92. The van der Waals surface area contributed by atoms with E-state index in [-0.39, 0.29) is 35.6 Å². The number of benzene rings is 3. The van der Waals surface area contributed by atoms with Crippen LogP contribution in [0.1, 0.15) is 36.8 Å². The molecule has 0 aliphatic heterocycles. The van der Waals surface area contributed by atoms with Crippen molar-refractivity contribution in [3.63, 3.8) is 0 Å². The van der Waals surface area contributed by atoms with Crippen molar-refractivity contribution in [2.45, 2.75) is 50.7 Å². The average molecular weight is 621 g/mol. The second kappa shape index (κ2) is 13.7. The number of nitrogens with one attached hydrogen (secondary N) is 1. The van der Waals surface area contributed by atoms with Crippen LogP contribution < -0.4 is 9.62 Å². The summed E-state index contributed by atoms with van der Waals surface area (Å²) >= 11 is 12.4. The number of carbonyl (C=O) groups is 2. The lowest BCUT2D eigenvalue weighted by molar-refractivity contribution is -0.140. The van der Waals surface area contributed by atoms with Crippen LogP contribution in [-0.2, 0) is 32.6 Å². The minimum atomic E-state index is -3.94. The van der Waals surface area contributed by atoms with Crippen LogP contribution in [0.5, 0.6) is 0 Å². The Hall–Kier alpha value is -3.14. The molecule has 3 aromatic rings. The van der Waals surface area contributed by atoms with Crippen molar-refractivity contribution < 1.29 is 22.4 Å². The average Bonchev–Trinajstić information content (AvgIpc) is 3.44. The summed E-state index contributed by atoms with van der Waals surface area (Å²) in [4.78, 5) is 29.3. The highest BCUT2D eigenvalue weighted by Crippen LogP contribution is 2.26. The van der Waals surface area contributed by atoms with Gasteiger partial charge in [0, 0.05) is 19.0 Å². The van der Waals surface area contributed by atoms with E-state index in [1.54, 1.807) is 18.2 Å². The molecule has 11 heteroatoms. The van der Waals surface area contributed by atoms with Gasteiger partial charge in [0.2, 0.25) is 21.8 Å². The summed E-state index contributed by atoms with van der Waals surface area (Å²) in [6.45, 7) is -0.611. The zero-order valence-corrected chi connectivity index (χ0v) is 24.9. The van der Waals surface area contributed by atoms with E-state index in [9.17, 15) is 22.4 Å². The van der Waals surface area contributed by atoms with Crippen LogP contribution in [0.25, 0.3) is 0 Å². The minimum absolute atomic E-state index is 0.00874. The molecule has 1 aliphatic rings. The van der Waals surface area contributed by atoms with E-state index in [0.29, 0.717) is 10.6 Å². The summed E-state index contributed by atoms with van der Waals surface area (Å²) in [7, 11) is -3.94. The lowest BCUT2D eigenvalue weighted by atomic mass is 10.0. The Kier molecular flexibility index (Phi) is 10.3. The maximum atomic E-state index is 14.1. The number of hydrogen-bond donors (Lipinski definition) is 1. The number of amides is 2. The topological polar surface area (TPSA) is 86.8 Å². The number of nitrogens with zero attached hydrogens (tertiary/aromatic N) is 2. The van der Waals surface area contributed by atoms with Gasteiger partial charge < -0.3 is 10.2 Å². The maximum absolute atomic E-state index is 14.1. The van der Waals surface area contributed by atoms with Crippen LogP contribution in [0.15, 0.2) is 72.8 Å². The number of anilines is 1. The van der Waals surface area contributed by atoms with Gasteiger partial charge in [-0.15, -0.1) is 0 Å². The van der Waals surface area contributed by atoms with Crippen molar-refractivity contribution in [2.24, 2.45) is 0 Å². The fourth-order valence-electron chi connectivity index (χ4n) is 4.98. The number of carbonyl (C=O) groups excluding carboxylic acids is 2. The van der Waals surface area contributed by atoms with Crippen molar-refractivity contribution in [3.05, 3.63) is 99.8 Å². The molecule has 218 valence electrons. The maximum Gasteiger partial charge on any atom is 0.244 e. The van der Waals surface area contributed by atoms with Crippen LogP contribution in [0.4, 0.5) is 10.1 Å². The van der Waals surface area contributed by atoms with Gasteiger partial charge in [0.15, 0.2) is 0 Å². The molecule has 2 amide bonds. The first-order valence-corrected chi connectivity index (χ1v) is 15.9. The van der Waals surface area contributed by atoms with Gasteiger partial charge in [0.05, 0.1) is 22.0 Å². The fourth-order valence-corrected chi connectivity index (χ4v) is 6.15. The predicted octanol–water partition coefficient (Wildman–Crippen LogP) is 5.60. The molecule has 1 atom stereocenters. The van der Waals surface area contributed by atoms with E-state index in [2.05, 4.69) is 5.32 Å². The van der Waals surface area contributed by atoms with Gasteiger partial charge in [-0.2, -0.15) is 0 Å². The van der Waals surface area contributed by atoms with Crippen LogP contribution in [0.3, 0.4) is 0 Å². The third kappa shape index (κ3) is 8.44. The molecule has 41 heavy (non-hydrogen) atoms. The lowest BCUT2D eigenvalue weighted by Gasteiger charge is -2.34. The number of hydrogen-bond acceptors (Lipinski definition) is 4. The van der Waals surface area contributed by atoms with Gasteiger partial charge in [-0.3, -0.25) is 13.9 Å². The fraction of sp³-hybridized carbons (Fsp3) is 0.333. The Labute approximate surface area is 250 Å². The van der Waals surface area contributed by atoms with Crippen LogP contribution in [0.2, 0.25) is 10.0 Å². The van der Waals surface area contributed by atoms with E-state index < -0.39 is 34.3 Å².